The number of carbonyl (C=O) groups excluding carboxylic acids is 1. The van der Waals surface area contributed by atoms with Crippen LogP contribution in [0.15, 0.2) is 72.8 Å². The van der Waals surface area contributed by atoms with E-state index in [2.05, 4.69) is 16.9 Å². The Hall–Kier alpha value is -3.49. The van der Waals surface area contributed by atoms with Gasteiger partial charge in [0, 0.05) is 0 Å². The molecular formula is C25H20Cl2F3N3O2. The third kappa shape index (κ3) is 6.55. The van der Waals surface area contributed by atoms with Gasteiger partial charge in [-0.15, -0.1) is 0 Å². The van der Waals surface area contributed by atoms with Gasteiger partial charge in [-0.05, 0) is 48.4 Å². The summed E-state index contributed by atoms with van der Waals surface area (Å²) < 4.78 is 46.8. The van der Waals surface area contributed by atoms with E-state index in [4.69, 9.17) is 32.7 Å². The summed E-state index contributed by atoms with van der Waals surface area (Å²) in [5.74, 6) is 0.507. The highest BCUT2D eigenvalue weighted by Crippen LogP contribution is 2.34. The quantitative estimate of drug-likeness (QED) is 0.292. The van der Waals surface area contributed by atoms with Crippen LogP contribution in [0.1, 0.15) is 17.0 Å². The number of nitrogens with zero attached hydrogens (tertiary/aromatic N) is 2. The molecule has 1 amide bonds. The van der Waals surface area contributed by atoms with Crippen LogP contribution in [-0.2, 0) is 17.6 Å². The molecule has 3 aromatic carbocycles. The van der Waals surface area contributed by atoms with Crippen molar-refractivity contribution in [3.63, 3.8) is 0 Å². The van der Waals surface area contributed by atoms with Gasteiger partial charge in [0.25, 0.3) is 0 Å². The summed E-state index contributed by atoms with van der Waals surface area (Å²) in [6.45, 7) is 1.86. The second-order valence-corrected chi connectivity index (χ2v) is 8.13. The van der Waals surface area contributed by atoms with Crippen LogP contribution < -0.4 is 10.5 Å². The smallest absolute Gasteiger partial charge is 0.435 e. The zero-order chi connectivity index (χ0) is 25.6. The fraction of sp³-hybridized carbons (Fsp3) is 0.120. The summed E-state index contributed by atoms with van der Waals surface area (Å²) in [5.41, 5.74) is 6.66. The van der Waals surface area contributed by atoms with Crippen LogP contribution in [0.2, 0.25) is 10.0 Å². The first-order chi connectivity index (χ1) is 16.6. The molecule has 0 atom stereocenters. The summed E-state index contributed by atoms with van der Waals surface area (Å²) in [6, 6.07) is 21.0. The number of hydrogen-bond acceptors (Lipinski definition) is 3. The van der Waals surface area contributed by atoms with Crippen molar-refractivity contribution in [1.29, 1.82) is 0 Å². The van der Waals surface area contributed by atoms with Gasteiger partial charge in [-0.2, -0.15) is 18.3 Å². The Morgan fingerprint density at radius 3 is 2.14 bits per heavy atom. The third-order valence-electron chi connectivity index (χ3n) is 4.82. The van der Waals surface area contributed by atoms with Crippen LogP contribution in [0.3, 0.4) is 0 Å². The summed E-state index contributed by atoms with van der Waals surface area (Å²) >= 11 is 12.4. The van der Waals surface area contributed by atoms with Crippen molar-refractivity contribution in [2.45, 2.75) is 19.7 Å². The number of amides is 1. The minimum Gasteiger partial charge on any atom is -0.487 e. The number of ether oxygens (including phenoxy) is 1. The number of primary amides is 1. The lowest BCUT2D eigenvalue weighted by molar-refractivity contribution is -0.141. The van der Waals surface area contributed by atoms with Gasteiger partial charge >= 0.3 is 6.18 Å². The molecule has 0 unspecified atom stereocenters. The van der Waals surface area contributed by atoms with E-state index in [9.17, 15) is 13.2 Å². The van der Waals surface area contributed by atoms with E-state index in [0.717, 1.165) is 27.4 Å². The molecule has 4 aromatic rings. The largest absolute Gasteiger partial charge is 0.487 e. The summed E-state index contributed by atoms with van der Waals surface area (Å²) in [4.78, 5) is 8.58. The predicted molar refractivity (Wildman–Crippen MR) is 130 cm³/mol. The summed E-state index contributed by atoms with van der Waals surface area (Å²) in [5, 5.41) is 4.05. The van der Waals surface area contributed by atoms with Gasteiger partial charge in [-0.3, -0.25) is 4.79 Å². The highest BCUT2D eigenvalue weighted by Gasteiger charge is 2.35. The second kappa shape index (κ2) is 11.3. The molecule has 0 saturated heterocycles. The van der Waals surface area contributed by atoms with Crippen LogP contribution in [0, 0.1) is 6.92 Å². The van der Waals surface area contributed by atoms with Gasteiger partial charge in [-0.25, -0.2) is 4.68 Å². The Labute approximate surface area is 209 Å². The Balaban J connectivity index is 0.00000108. The number of carbonyl (C=O) groups is 1. The van der Waals surface area contributed by atoms with Crippen molar-refractivity contribution >= 4 is 29.6 Å². The van der Waals surface area contributed by atoms with E-state index >= 15 is 0 Å². The summed E-state index contributed by atoms with van der Waals surface area (Å²) in [6.07, 6.45) is -4.37. The molecule has 0 saturated carbocycles. The molecular weight excluding hydrogens is 502 g/mol. The van der Waals surface area contributed by atoms with Crippen molar-refractivity contribution in [3.05, 3.63) is 99.8 Å². The Kier molecular flexibility index (Phi) is 8.43. The highest BCUT2D eigenvalue weighted by molar-refractivity contribution is 6.37. The zero-order valence-electron chi connectivity index (χ0n) is 18.4. The number of alkyl halides is 3. The number of benzene rings is 3. The van der Waals surface area contributed by atoms with Crippen LogP contribution in [0.25, 0.3) is 16.8 Å². The standard InChI is InChI=1S/C24H17Cl2F3N2O.CH3NO/c1-15-4-2-5-17(12-15)16-8-10-19(11-9-16)32-14-18-13-22(24(27,28)29)30-31(18)23-20(25)6-3-7-21(23)26;2-1-3/h2-13H,14H2,1H3;1H,(H2,2,3). The lowest BCUT2D eigenvalue weighted by atomic mass is 10.0. The zero-order valence-corrected chi connectivity index (χ0v) is 19.9. The molecule has 0 spiro atoms. The minimum absolute atomic E-state index is 0.158. The first-order valence-corrected chi connectivity index (χ1v) is 11.0. The molecule has 0 bridgehead atoms. The van der Waals surface area contributed by atoms with Gasteiger partial charge in [-0.1, -0.05) is 71.2 Å². The highest BCUT2D eigenvalue weighted by atomic mass is 35.5. The van der Waals surface area contributed by atoms with E-state index in [1.165, 1.54) is 12.1 Å². The maximum Gasteiger partial charge on any atom is 0.435 e. The van der Waals surface area contributed by atoms with E-state index < -0.39 is 11.9 Å². The van der Waals surface area contributed by atoms with Crippen molar-refractivity contribution in [3.8, 4) is 22.6 Å². The fourth-order valence-electron chi connectivity index (χ4n) is 3.27. The van der Waals surface area contributed by atoms with E-state index in [0.29, 0.717) is 5.75 Å². The normalized spacial score (nSPS) is 10.9. The average molecular weight is 522 g/mol. The van der Waals surface area contributed by atoms with Crippen LogP contribution in [-0.4, -0.2) is 16.2 Å². The lowest BCUT2D eigenvalue weighted by Crippen LogP contribution is -2.09. The number of para-hydroxylation sites is 1. The molecule has 0 fully saturated rings. The Bertz CT molecular complexity index is 1290. The molecule has 5 nitrogen and oxygen atoms in total. The molecule has 0 aliphatic rings. The van der Waals surface area contributed by atoms with Crippen molar-refractivity contribution in [2.75, 3.05) is 0 Å². The molecule has 2 N–H and O–H groups in total. The van der Waals surface area contributed by atoms with Crippen LogP contribution in [0.4, 0.5) is 13.2 Å². The fourth-order valence-corrected chi connectivity index (χ4v) is 3.83. The Morgan fingerprint density at radius 1 is 0.971 bits per heavy atom. The van der Waals surface area contributed by atoms with Gasteiger partial charge in [0.2, 0.25) is 6.41 Å². The first-order valence-electron chi connectivity index (χ1n) is 10.2. The maximum atomic E-state index is 13.3. The predicted octanol–water partition coefficient (Wildman–Crippen LogP) is 6.85. The molecule has 0 aliphatic carbocycles. The molecule has 35 heavy (non-hydrogen) atoms. The molecule has 0 aliphatic heterocycles. The van der Waals surface area contributed by atoms with E-state index in [1.807, 2.05) is 37.3 Å². The molecule has 1 aromatic heterocycles. The summed E-state index contributed by atoms with van der Waals surface area (Å²) in [7, 11) is 0. The van der Waals surface area contributed by atoms with E-state index in [1.54, 1.807) is 18.2 Å². The van der Waals surface area contributed by atoms with Crippen LogP contribution >= 0.6 is 23.2 Å². The number of aryl methyl sites for hydroxylation is 1. The molecule has 10 heteroatoms. The molecule has 1 heterocycles. The number of halogens is 5. The number of rotatable bonds is 5. The Morgan fingerprint density at radius 2 is 1.57 bits per heavy atom. The minimum atomic E-state index is -4.62. The van der Waals surface area contributed by atoms with Gasteiger partial charge < -0.3 is 10.5 Å². The lowest BCUT2D eigenvalue weighted by Gasteiger charge is -2.12. The number of nitrogens with two attached hydrogens (primary N) is 1. The topological polar surface area (TPSA) is 70.1 Å². The van der Waals surface area contributed by atoms with Gasteiger partial charge in [0.1, 0.15) is 18.0 Å². The number of aromatic nitrogens is 2. The third-order valence-corrected chi connectivity index (χ3v) is 5.43. The van der Waals surface area contributed by atoms with Crippen molar-refractivity contribution in [2.24, 2.45) is 5.73 Å². The van der Waals surface area contributed by atoms with E-state index in [-0.39, 0.29) is 34.4 Å². The average Bonchev–Trinajstić information content (AvgIpc) is 3.23. The van der Waals surface area contributed by atoms with Crippen molar-refractivity contribution < 1.29 is 22.7 Å². The molecule has 0 radical (unpaired) electrons. The van der Waals surface area contributed by atoms with Crippen LogP contribution in [0.5, 0.6) is 5.75 Å². The molecule has 182 valence electrons. The van der Waals surface area contributed by atoms with Crippen molar-refractivity contribution in [1.82, 2.24) is 9.78 Å². The first kappa shape index (κ1) is 26.1. The van der Waals surface area contributed by atoms with Gasteiger partial charge in [0.05, 0.1) is 15.7 Å². The maximum absolute atomic E-state index is 13.3. The monoisotopic (exact) mass is 521 g/mol. The van der Waals surface area contributed by atoms with Gasteiger partial charge in [0.15, 0.2) is 5.69 Å². The SMILES string of the molecule is Cc1cccc(-c2ccc(OCc3cc(C(F)(F)F)nn3-c3c(Cl)cccc3Cl)cc2)c1.NC=O. The number of hydrogen-bond donors (Lipinski definition) is 1. The molecule has 4 rings (SSSR count). The second-order valence-electron chi connectivity index (χ2n) is 7.32.